The highest BCUT2D eigenvalue weighted by Crippen LogP contribution is 2.23. The molecule has 0 aliphatic carbocycles. The standard InChI is InChI=1S/C10H12N2O5/c1-10(11,9(14)15)8(13)6-2-4-7(5-3-6)12(16)17/h2-5,8,13H,11H2,1H3,(H,14,15)/t8-,10-/m1/s1. The second-order valence-electron chi connectivity index (χ2n) is 3.96. The lowest BCUT2D eigenvalue weighted by molar-refractivity contribution is -0.498. The first-order valence-corrected chi connectivity index (χ1v) is 4.76. The molecule has 0 spiro atoms. The SMILES string of the molecule is C[C@]([NH3+])(C(=O)[O-])[C@H](O)c1ccc([N+](=O)[O-])cc1. The molecule has 2 atom stereocenters. The maximum absolute atomic E-state index is 10.8. The number of benzene rings is 1. The van der Waals surface area contributed by atoms with Crippen molar-refractivity contribution in [2.24, 2.45) is 0 Å². The van der Waals surface area contributed by atoms with Gasteiger partial charge in [0.15, 0.2) is 5.54 Å². The Morgan fingerprint density at radius 2 is 1.94 bits per heavy atom. The maximum atomic E-state index is 10.8. The molecule has 1 aromatic carbocycles. The smallest absolute Gasteiger partial charge is 0.269 e. The maximum Gasteiger partial charge on any atom is 0.269 e. The molecule has 0 heterocycles. The summed E-state index contributed by atoms with van der Waals surface area (Å²) in [6.45, 7) is 1.22. The summed E-state index contributed by atoms with van der Waals surface area (Å²) in [4.78, 5) is 20.6. The van der Waals surface area contributed by atoms with E-state index < -0.39 is 22.5 Å². The Bertz CT molecular complexity index is 441. The van der Waals surface area contributed by atoms with Crippen LogP contribution in [-0.4, -0.2) is 21.5 Å². The minimum atomic E-state index is -1.71. The van der Waals surface area contributed by atoms with Crippen LogP contribution in [0.3, 0.4) is 0 Å². The molecule has 0 bridgehead atoms. The van der Waals surface area contributed by atoms with Gasteiger partial charge in [0.25, 0.3) is 5.69 Å². The molecule has 7 nitrogen and oxygen atoms in total. The fourth-order valence-corrected chi connectivity index (χ4v) is 1.26. The first-order chi connectivity index (χ1) is 7.76. The van der Waals surface area contributed by atoms with E-state index in [1.54, 1.807) is 0 Å². The fraction of sp³-hybridized carbons (Fsp3) is 0.300. The highest BCUT2D eigenvalue weighted by molar-refractivity contribution is 5.75. The van der Waals surface area contributed by atoms with Crippen molar-refractivity contribution in [2.75, 3.05) is 0 Å². The lowest BCUT2D eigenvalue weighted by Gasteiger charge is -2.27. The average molecular weight is 240 g/mol. The van der Waals surface area contributed by atoms with Gasteiger partial charge in [-0.15, -0.1) is 0 Å². The van der Waals surface area contributed by atoms with Gasteiger partial charge in [0.2, 0.25) is 0 Å². The molecule has 0 aliphatic rings. The third kappa shape index (κ3) is 2.58. The number of quaternary nitrogens is 1. The molecule has 0 unspecified atom stereocenters. The zero-order chi connectivity index (χ0) is 13.2. The summed E-state index contributed by atoms with van der Waals surface area (Å²) >= 11 is 0. The molecular formula is C10H12N2O5. The summed E-state index contributed by atoms with van der Waals surface area (Å²) < 4.78 is 0. The highest BCUT2D eigenvalue weighted by atomic mass is 16.6. The third-order valence-corrected chi connectivity index (χ3v) is 2.49. The molecule has 0 saturated heterocycles. The Morgan fingerprint density at radius 3 is 2.29 bits per heavy atom. The number of carbonyl (C=O) groups excluding carboxylic acids is 1. The predicted octanol–water partition coefficient (Wildman–Crippen LogP) is -1.62. The molecule has 1 rings (SSSR count). The number of carbonyl (C=O) groups is 1. The Hall–Kier alpha value is -1.99. The molecule has 0 saturated carbocycles. The Morgan fingerprint density at radius 1 is 1.47 bits per heavy atom. The zero-order valence-corrected chi connectivity index (χ0v) is 9.12. The number of aliphatic hydroxyl groups is 1. The number of hydrogen-bond donors (Lipinski definition) is 2. The van der Waals surface area contributed by atoms with Crippen LogP contribution in [0.15, 0.2) is 24.3 Å². The van der Waals surface area contributed by atoms with Gasteiger partial charge in [-0.25, -0.2) is 0 Å². The quantitative estimate of drug-likeness (QED) is 0.482. The van der Waals surface area contributed by atoms with E-state index in [0.29, 0.717) is 0 Å². The van der Waals surface area contributed by atoms with Gasteiger partial charge >= 0.3 is 0 Å². The number of nitro groups is 1. The number of carboxylic acids is 1. The summed E-state index contributed by atoms with van der Waals surface area (Å²) in [7, 11) is 0. The third-order valence-electron chi connectivity index (χ3n) is 2.49. The molecule has 92 valence electrons. The van der Waals surface area contributed by atoms with Gasteiger partial charge in [0, 0.05) is 12.1 Å². The molecule has 0 aromatic heterocycles. The number of hydrogen-bond acceptors (Lipinski definition) is 5. The van der Waals surface area contributed by atoms with Crippen molar-refractivity contribution in [2.45, 2.75) is 18.6 Å². The van der Waals surface area contributed by atoms with E-state index in [1.807, 2.05) is 0 Å². The molecule has 7 heteroatoms. The number of nitrogens with zero attached hydrogens (tertiary/aromatic N) is 1. The van der Waals surface area contributed by atoms with Gasteiger partial charge in [-0.2, -0.15) is 0 Å². The number of nitro benzene ring substituents is 1. The highest BCUT2D eigenvalue weighted by Gasteiger charge is 2.35. The molecule has 17 heavy (non-hydrogen) atoms. The van der Waals surface area contributed by atoms with Crippen LogP contribution >= 0.6 is 0 Å². The topological polar surface area (TPSA) is 131 Å². The van der Waals surface area contributed by atoms with Crippen molar-refractivity contribution in [3.8, 4) is 0 Å². The first kappa shape index (κ1) is 13.1. The van der Waals surface area contributed by atoms with Crippen LogP contribution in [0.2, 0.25) is 0 Å². The molecule has 0 radical (unpaired) electrons. The van der Waals surface area contributed by atoms with E-state index in [0.717, 1.165) is 0 Å². The van der Waals surface area contributed by atoms with Crippen LogP contribution in [-0.2, 0) is 4.79 Å². The zero-order valence-electron chi connectivity index (χ0n) is 9.12. The van der Waals surface area contributed by atoms with Crippen molar-refractivity contribution in [1.29, 1.82) is 0 Å². The fourth-order valence-electron chi connectivity index (χ4n) is 1.26. The summed E-state index contributed by atoms with van der Waals surface area (Å²) in [6, 6.07) is 4.94. The number of aliphatic carboxylic acids is 1. The molecule has 0 amide bonds. The van der Waals surface area contributed by atoms with Crippen molar-refractivity contribution >= 4 is 11.7 Å². The summed E-state index contributed by atoms with van der Waals surface area (Å²) in [6.07, 6.45) is -1.40. The normalized spacial score (nSPS) is 15.9. The largest absolute Gasteiger partial charge is 0.544 e. The van der Waals surface area contributed by atoms with Gasteiger partial charge < -0.3 is 20.7 Å². The minimum Gasteiger partial charge on any atom is -0.544 e. The van der Waals surface area contributed by atoms with Crippen LogP contribution in [0.25, 0.3) is 0 Å². The monoisotopic (exact) mass is 240 g/mol. The van der Waals surface area contributed by atoms with E-state index in [9.17, 15) is 25.1 Å². The predicted molar refractivity (Wildman–Crippen MR) is 54.4 cm³/mol. The van der Waals surface area contributed by atoms with Crippen molar-refractivity contribution in [3.05, 3.63) is 39.9 Å². The Balaban J connectivity index is 3.02. The summed E-state index contributed by atoms with van der Waals surface area (Å²) in [5, 5.41) is 31.0. The first-order valence-electron chi connectivity index (χ1n) is 4.76. The minimum absolute atomic E-state index is 0.139. The number of rotatable bonds is 4. The molecular weight excluding hydrogens is 228 g/mol. The second kappa shape index (κ2) is 4.48. The molecule has 1 aromatic rings. The molecule has 0 fully saturated rings. The van der Waals surface area contributed by atoms with E-state index in [4.69, 9.17) is 0 Å². The van der Waals surface area contributed by atoms with Gasteiger partial charge in [-0.3, -0.25) is 10.1 Å². The van der Waals surface area contributed by atoms with E-state index >= 15 is 0 Å². The Labute approximate surface area is 96.6 Å². The van der Waals surface area contributed by atoms with Crippen molar-refractivity contribution in [1.82, 2.24) is 0 Å². The second-order valence-corrected chi connectivity index (χ2v) is 3.96. The van der Waals surface area contributed by atoms with Crippen molar-refractivity contribution in [3.63, 3.8) is 0 Å². The average Bonchev–Trinajstić information content (AvgIpc) is 2.27. The lowest BCUT2D eigenvalue weighted by Crippen LogP contribution is -2.80. The lowest BCUT2D eigenvalue weighted by atomic mass is 9.90. The molecule has 0 aliphatic heterocycles. The number of non-ortho nitro benzene ring substituents is 1. The van der Waals surface area contributed by atoms with Crippen LogP contribution in [0.5, 0.6) is 0 Å². The van der Waals surface area contributed by atoms with Crippen LogP contribution in [0.1, 0.15) is 18.6 Å². The number of aliphatic hydroxyl groups excluding tert-OH is 1. The van der Waals surface area contributed by atoms with Crippen LogP contribution in [0.4, 0.5) is 5.69 Å². The summed E-state index contributed by atoms with van der Waals surface area (Å²) in [5.74, 6) is -1.50. The molecule has 4 N–H and O–H groups in total. The summed E-state index contributed by atoms with van der Waals surface area (Å²) in [5.41, 5.74) is 1.74. The van der Waals surface area contributed by atoms with Crippen molar-refractivity contribution < 1.29 is 25.7 Å². The van der Waals surface area contributed by atoms with Gasteiger partial charge in [-0.05, 0) is 24.6 Å². The number of carboxylic acid groups (broad SMARTS) is 1. The van der Waals surface area contributed by atoms with Gasteiger partial charge in [0.1, 0.15) is 12.1 Å². The van der Waals surface area contributed by atoms with E-state index in [-0.39, 0.29) is 11.3 Å². The van der Waals surface area contributed by atoms with Gasteiger partial charge in [0.05, 0.1) is 4.92 Å². The van der Waals surface area contributed by atoms with Crippen LogP contribution in [0, 0.1) is 10.1 Å². The van der Waals surface area contributed by atoms with Crippen LogP contribution < -0.4 is 10.8 Å². The van der Waals surface area contributed by atoms with E-state index in [2.05, 4.69) is 5.73 Å². The van der Waals surface area contributed by atoms with Gasteiger partial charge in [-0.1, -0.05) is 0 Å². The Kier molecular flexibility index (Phi) is 3.45. The van der Waals surface area contributed by atoms with E-state index in [1.165, 1.54) is 31.2 Å².